The lowest BCUT2D eigenvalue weighted by atomic mass is 9.51. The number of rotatable bonds is 4. The highest BCUT2D eigenvalue weighted by molar-refractivity contribution is 5.81. The first-order chi connectivity index (χ1) is 14.5. The lowest BCUT2D eigenvalue weighted by Crippen LogP contribution is -2.47. The van der Waals surface area contributed by atoms with Crippen LogP contribution in [-0.4, -0.2) is 49.9 Å². The first kappa shape index (κ1) is 19.1. The lowest BCUT2D eigenvalue weighted by Gasteiger charge is -2.53. The van der Waals surface area contributed by atoms with E-state index in [9.17, 15) is 9.90 Å². The number of allylic oxidation sites excluding steroid dienone is 1. The van der Waals surface area contributed by atoms with E-state index in [1.54, 1.807) is 7.11 Å². The molecule has 0 bridgehead atoms. The number of carbonyl (C=O) groups is 1. The molecular weight excluding hydrogens is 380 g/mol. The lowest BCUT2D eigenvalue weighted by molar-refractivity contribution is -0.130. The van der Waals surface area contributed by atoms with Gasteiger partial charge in [-0.25, -0.2) is 0 Å². The quantitative estimate of drug-likeness (QED) is 0.764. The van der Waals surface area contributed by atoms with Gasteiger partial charge in [0.05, 0.1) is 6.10 Å². The van der Waals surface area contributed by atoms with Crippen molar-refractivity contribution in [2.24, 2.45) is 40.9 Å². The molecular formula is C23H32N4O3. The molecule has 2 unspecified atom stereocenters. The SMILES string of the molecule is COC1C2C3=CC[C@@H]4[C@H](CC[C@]5(C)[C@@H](C(=O)Cn6ncnn6)CC[C@@H]45)[C@H]3CC[C@]12O. The van der Waals surface area contributed by atoms with Gasteiger partial charge in [-0.3, -0.25) is 4.79 Å². The first-order valence-corrected chi connectivity index (χ1v) is 11.7. The number of Topliss-reactive ketones (excluding diaryl/α,β-unsaturated/α-hetero) is 1. The molecule has 0 aromatic carbocycles. The average Bonchev–Trinajstić information content (AvgIpc) is 3.04. The van der Waals surface area contributed by atoms with Crippen LogP contribution in [0.3, 0.4) is 0 Å². The number of methoxy groups -OCH3 is 1. The van der Waals surface area contributed by atoms with Gasteiger partial charge in [0.2, 0.25) is 0 Å². The standard InChI is InChI=1S/C23H32N4O3/c1-22-9-7-13-14-8-10-23(29)20(21(23)30-2)16(14)4-3-15(13)17(22)5-6-18(22)19(28)11-27-25-12-24-26-27/h4,12-15,17-18,20-21,29H,3,5-11H2,1-2H3/t13-,14-,15-,17+,18-,20?,21?,22+,23-/m1/s1. The average molecular weight is 413 g/mol. The third-order valence-electron chi connectivity index (χ3n) is 9.83. The molecule has 1 heterocycles. The number of ether oxygens (including phenoxy) is 1. The van der Waals surface area contributed by atoms with E-state index in [0.717, 1.165) is 38.5 Å². The molecule has 4 fully saturated rings. The second-order valence-electron chi connectivity index (χ2n) is 10.8. The molecule has 0 saturated heterocycles. The Labute approximate surface area is 177 Å². The fourth-order valence-corrected chi connectivity index (χ4v) is 8.48. The van der Waals surface area contributed by atoms with Crippen molar-refractivity contribution in [2.45, 2.75) is 70.1 Å². The van der Waals surface area contributed by atoms with Gasteiger partial charge in [0.15, 0.2) is 12.1 Å². The molecule has 0 radical (unpaired) electrons. The van der Waals surface area contributed by atoms with Crippen LogP contribution in [0.2, 0.25) is 0 Å². The summed E-state index contributed by atoms with van der Waals surface area (Å²) in [4.78, 5) is 14.6. The molecule has 1 aromatic rings. The summed E-state index contributed by atoms with van der Waals surface area (Å²) >= 11 is 0. The number of nitrogens with zero attached hydrogens (tertiary/aromatic N) is 4. The van der Waals surface area contributed by atoms with Gasteiger partial charge in [0, 0.05) is 18.9 Å². The summed E-state index contributed by atoms with van der Waals surface area (Å²) < 4.78 is 5.62. The molecule has 4 saturated carbocycles. The molecule has 30 heavy (non-hydrogen) atoms. The third-order valence-corrected chi connectivity index (χ3v) is 9.83. The Balaban J connectivity index is 1.23. The fraction of sp³-hybridized carbons (Fsp3) is 0.826. The number of carbonyl (C=O) groups excluding carboxylic acids is 1. The van der Waals surface area contributed by atoms with E-state index >= 15 is 0 Å². The Morgan fingerprint density at radius 1 is 1.27 bits per heavy atom. The highest BCUT2D eigenvalue weighted by atomic mass is 16.5. The van der Waals surface area contributed by atoms with Crippen LogP contribution >= 0.6 is 0 Å². The number of aliphatic hydroxyl groups is 1. The van der Waals surface area contributed by atoms with Crippen LogP contribution in [0.4, 0.5) is 0 Å². The van der Waals surface area contributed by atoms with Gasteiger partial charge in [0.25, 0.3) is 0 Å². The number of fused-ring (bicyclic) bond motifs is 7. The van der Waals surface area contributed by atoms with E-state index in [0.29, 0.717) is 23.7 Å². The van der Waals surface area contributed by atoms with Crippen LogP contribution in [0, 0.1) is 40.9 Å². The zero-order valence-electron chi connectivity index (χ0n) is 17.9. The van der Waals surface area contributed by atoms with Crippen molar-refractivity contribution in [3.63, 3.8) is 0 Å². The summed E-state index contributed by atoms with van der Waals surface area (Å²) in [6, 6.07) is 0. The predicted molar refractivity (Wildman–Crippen MR) is 108 cm³/mol. The van der Waals surface area contributed by atoms with Crippen LogP contribution in [0.5, 0.6) is 0 Å². The molecule has 7 heteroatoms. The number of ketones is 1. The summed E-state index contributed by atoms with van der Waals surface area (Å²) in [5, 5.41) is 22.6. The number of aromatic nitrogens is 4. The minimum Gasteiger partial charge on any atom is -0.386 e. The number of hydrogen-bond acceptors (Lipinski definition) is 6. The number of tetrazole rings is 1. The van der Waals surface area contributed by atoms with Crippen molar-refractivity contribution in [1.29, 1.82) is 0 Å². The molecule has 7 nitrogen and oxygen atoms in total. The fourth-order valence-electron chi connectivity index (χ4n) is 8.48. The Morgan fingerprint density at radius 2 is 2.13 bits per heavy atom. The van der Waals surface area contributed by atoms with Crippen molar-refractivity contribution in [2.75, 3.05) is 7.11 Å². The van der Waals surface area contributed by atoms with Gasteiger partial charge in [-0.05, 0) is 79.2 Å². The molecule has 0 amide bonds. The third kappa shape index (κ3) is 2.45. The first-order valence-electron chi connectivity index (χ1n) is 11.7. The van der Waals surface area contributed by atoms with E-state index < -0.39 is 5.60 Å². The van der Waals surface area contributed by atoms with Gasteiger partial charge in [-0.2, -0.15) is 4.80 Å². The molecule has 6 rings (SSSR count). The Hall–Kier alpha value is -1.60. The highest BCUT2D eigenvalue weighted by Gasteiger charge is 2.70. The Morgan fingerprint density at radius 3 is 2.90 bits per heavy atom. The van der Waals surface area contributed by atoms with Crippen molar-refractivity contribution in [3.8, 4) is 0 Å². The maximum Gasteiger partial charge on any atom is 0.162 e. The predicted octanol–water partition coefficient (Wildman–Crippen LogP) is 2.42. The molecule has 162 valence electrons. The van der Waals surface area contributed by atoms with Crippen LogP contribution in [0.25, 0.3) is 0 Å². The van der Waals surface area contributed by atoms with Crippen molar-refractivity contribution < 1.29 is 14.6 Å². The van der Waals surface area contributed by atoms with Crippen LogP contribution < -0.4 is 0 Å². The minimum absolute atomic E-state index is 0.00182. The smallest absolute Gasteiger partial charge is 0.162 e. The minimum atomic E-state index is -0.604. The Kier molecular flexibility index (Phi) is 4.11. The normalized spacial score (nSPS) is 48.8. The Bertz CT molecular complexity index is 885. The largest absolute Gasteiger partial charge is 0.386 e. The topological polar surface area (TPSA) is 90.1 Å². The van der Waals surface area contributed by atoms with Crippen molar-refractivity contribution in [1.82, 2.24) is 20.2 Å². The van der Waals surface area contributed by atoms with Crippen LogP contribution in [-0.2, 0) is 16.1 Å². The summed E-state index contributed by atoms with van der Waals surface area (Å²) in [5.74, 6) is 3.20. The van der Waals surface area contributed by atoms with Crippen molar-refractivity contribution >= 4 is 5.78 Å². The van der Waals surface area contributed by atoms with E-state index in [2.05, 4.69) is 28.4 Å². The van der Waals surface area contributed by atoms with E-state index in [1.165, 1.54) is 23.1 Å². The summed E-state index contributed by atoms with van der Waals surface area (Å²) in [6.45, 7) is 2.62. The van der Waals surface area contributed by atoms with Gasteiger partial charge in [0.1, 0.15) is 12.1 Å². The number of hydrogen-bond donors (Lipinski definition) is 1. The maximum atomic E-state index is 13.1. The highest BCUT2D eigenvalue weighted by Crippen LogP contribution is 2.67. The van der Waals surface area contributed by atoms with Crippen LogP contribution in [0.1, 0.15) is 51.9 Å². The second-order valence-corrected chi connectivity index (χ2v) is 10.8. The zero-order chi connectivity index (χ0) is 20.7. The van der Waals surface area contributed by atoms with Gasteiger partial charge in [-0.15, -0.1) is 10.2 Å². The van der Waals surface area contributed by atoms with E-state index in [1.807, 2.05) is 0 Å². The molecule has 1 N–H and O–H groups in total. The maximum absolute atomic E-state index is 13.1. The van der Waals surface area contributed by atoms with Gasteiger partial charge in [-0.1, -0.05) is 18.6 Å². The van der Waals surface area contributed by atoms with Gasteiger partial charge < -0.3 is 9.84 Å². The second kappa shape index (κ2) is 6.45. The van der Waals surface area contributed by atoms with Crippen molar-refractivity contribution in [3.05, 3.63) is 18.0 Å². The summed E-state index contributed by atoms with van der Waals surface area (Å²) in [7, 11) is 1.73. The molecule has 5 aliphatic carbocycles. The molecule has 0 aliphatic heterocycles. The van der Waals surface area contributed by atoms with E-state index in [-0.39, 0.29) is 35.7 Å². The van der Waals surface area contributed by atoms with Gasteiger partial charge >= 0.3 is 0 Å². The summed E-state index contributed by atoms with van der Waals surface area (Å²) in [5.41, 5.74) is 0.977. The summed E-state index contributed by atoms with van der Waals surface area (Å²) in [6.07, 6.45) is 11.4. The van der Waals surface area contributed by atoms with E-state index in [4.69, 9.17) is 4.74 Å². The monoisotopic (exact) mass is 412 g/mol. The molecule has 5 aliphatic rings. The zero-order valence-corrected chi connectivity index (χ0v) is 17.9. The van der Waals surface area contributed by atoms with Crippen LogP contribution in [0.15, 0.2) is 18.0 Å². The molecule has 9 atom stereocenters. The molecule has 0 spiro atoms. The molecule has 1 aromatic heterocycles.